The zero-order chi connectivity index (χ0) is 23.2. The van der Waals surface area contributed by atoms with Crippen LogP contribution in [-0.2, 0) is 5.75 Å². The Morgan fingerprint density at radius 3 is 2.52 bits per heavy atom. The third-order valence-corrected chi connectivity index (χ3v) is 8.22. The number of benzene rings is 2. The first kappa shape index (κ1) is 24.2. The highest BCUT2D eigenvalue weighted by molar-refractivity contribution is 7.98. The first-order valence-electron chi connectivity index (χ1n) is 11.0. The van der Waals surface area contributed by atoms with E-state index in [1.807, 2.05) is 17.8 Å². The molecule has 1 fully saturated rings. The number of fused-ring (bicyclic) bond motifs is 1. The number of nitrogens with zero attached hydrogens (tertiary/aromatic N) is 2. The van der Waals surface area contributed by atoms with Crippen molar-refractivity contribution in [3.63, 3.8) is 0 Å². The van der Waals surface area contributed by atoms with E-state index in [1.54, 1.807) is 35.6 Å². The van der Waals surface area contributed by atoms with Crippen molar-refractivity contribution in [1.82, 2.24) is 15.1 Å². The Morgan fingerprint density at radius 1 is 1.03 bits per heavy atom. The number of carbonyl (C=O) groups is 1. The lowest BCUT2D eigenvalue weighted by molar-refractivity contribution is 0.0935. The average Bonchev–Trinajstić information content (AvgIpc) is 3.23. The van der Waals surface area contributed by atoms with Crippen LogP contribution in [0.5, 0.6) is 11.5 Å². The van der Waals surface area contributed by atoms with Crippen LogP contribution in [0.1, 0.15) is 15.2 Å². The summed E-state index contributed by atoms with van der Waals surface area (Å²) in [6.07, 6.45) is 0. The van der Waals surface area contributed by atoms with Crippen LogP contribution in [-0.4, -0.2) is 77.5 Å². The van der Waals surface area contributed by atoms with E-state index < -0.39 is 0 Å². The molecule has 2 heterocycles. The van der Waals surface area contributed by atoms with Crippen molar-refractivity contribution < 1.29 is 15.0 Å². The van der Waals surface area contributed by atoms with Crippen molar-refractivity contribution >= 4 is 51.4 Å². The number of phenols is 2. The minimum absolute atomic E-state index is 0.0833. The first-order chi connectivity index (χ1) is 16.0. The molecule has 1 amide bonds. The maximum absolute atomic E-state index is 12.6. The lowest BCUT2D eigenvalue weighted by Gasteiger charge is -2.34. The number of piperazine rings is 1. The van der Waals surface area contributed by atoms with Gasteiger partial charge in [-0.3, -0.25) is 14.6 Å². The van der Waals surface area contributed by atoms with E-state index >= 15 is 0 Å². The Balaban J connectivity index is 1.15. The van der Waals surface area contributed by atoms with Gasteiger partial charge in [-0.05, 0) is 35.7 Å². The van der Waals surface area contributed by atoms with Crippen LogP contribution >= 0.6 is 34.7 Å². The van der Waals surface area contributed by atoms with E-state index in [-0.39, 0.29) is 23.0 Å². The van der Waals surface area contributed by atoms with Gasteiger partial charge < -0.3 is 15.5 Å². The summed E-state index contributed by atoms with van der Waals surface area (Å²) < 4.78 is 0.854. The molecule has 1 aliphatic heterocycles. The van der Waals surface area contributed by atoms with Crippen LogP contribution in [0.2, 0.25) is 4.34 Å². The molecule has 1 saturated heterocycles. The van der Waals surface area contributed by atoms with Gasteiger partial charge in [0.1, 0.15) is 11.5 Å². The largest absolute Gasteiger partial charge is 0.507 e. The van der Waals surface area contributed by atoms with E-state index in [4.69, 9.17) is 11.6 Å². The molecule has 2 aromatic carbocycles. The molecule has 0 spiro atoms. The first-order valence-corrected chi connectivity index (χ1v) is 13.3. The van der Waals surface area contributed by atoms with Gasteiger partial charge in [-0.25, -0.2) is 0 Å². The molecular weight excluding hydrogens is 478 g/mol. The molecule has 6 nitrogen and oxygen atoms in total. The van der Waals surface area contributed by atoms with E-state index in [2.05, 4.69) is 21.2 Å². The van der Waals surface area contributed by atoms with Crippen LogP contribution in [0.25, 0.3) is 10.8 Å². The average molecular weight is 506 g/mol. The van der Waals surface area contributed by atoms with E-state index in [0.29, 0.717) is 17.3 Å². The Hall–Kier alpha value is -1.97. The van der Waals surface area contributed by atoms with Crippen LogP contribution in [0.15, 0.2) is 42.5 Å². The number of hydrogen-bond donors (Lipinski definition) is 3. The summed E-state index contributed by atoms with van der Waals surface area (Å²) in [4.78, 5) is 18.7. The van der Waals surface area contributed by atoms with Gasteiger partial charge in [0.2, 0.25) is 0 Å². The summed E-state index contributed by atoms with van der Waals surface area (Å²) in [5.41, 5.74) is 0.222. The summed E-state index contributed by atoms with van der Waals surface area (Å²) in [7, 11) is 0. The van der Waals surface area contributed by atoms with Gasteiger partial charge in [-0.1, -0.05) is 23.7 Å². The highest BCUT2D eigenvalue weighted by Gasteiger charge is 2.18. The fourth-order valence-corrected chi connectivity index (χ4v) is 6.13. The molecule has 0 aliphatic carbocycles. The second-order valence-corrected chi connectivity index (χ2v) is 11.0. The Kier molecular flexibility index (Phi) is 8.38. The molecule has 176 valence electrons. The van der Waals surface area contributed by atoms with Gasteiger partial charge in [-0.2, -0.15) is 11.8 Å². The van der Waals surface area contributed by atoms with Gasteiger partial charge in [0, 0.05) is 67.6 Å². The van der Waals surface area contributed by atoms with Crippen molar-refractivity contribution in [2.75, 3.05) is 51.6 Å². The van der Waals surface area contributed by atoms with E-state index in [0.717, 1.165) is 55.1 Å². The number of thiophene rings is 1. The molecule has 0 saturated carbocycles. The smallest absolute Gasteiger partial charge is 0.255 e. The number of aromatic hydroxyl groups is 2. The number of thioether (sulfide) groups is 1. The number of phenolic OH excluding ortho intramolecular Hbond substituents is 2. The number of rotatable bonds is 9. The van der Waals surface area contributed by atoms with E-state index in [9.17, 15) is 15.0 Å². The molecule has 4 rings (SSSR count). The number of hydrogen-bond acceptors (Lipinski definition) is 7. The fraction of sp³-hybridized carbons (Fsp3) is 0.375. The van der Waals surface area contributed by atoms with Crippen LogP contribution < -0.4 is 5.32 Å². The van der Waals surface area contributed by atoms with Gasteiger partial charge in [-0.15, -0.1) is 11.3 Å². The maximum atomic E-state index is 12.6. The summed E-state index contributed by atoms with van der Waals surface area (Å²) in [6, 6.07) is 12.2. The minimum Gasteiger partial charge on any atom is -0.507 e. The number of halogens is 1. The van der Waals surface area contributed by atoms with Gasteiger partial charge in [0.25, 0.3) is 5.91 Å². The number of nitrogens with one attached hydrogen (secondary N) is 1. The molecule has 0 bridgehead atoms. The summed E-state index contributed by atoms with van der Waals surface area (Å²) in [5.74, 6) is 1.78. The van der Waals surface area contributed by atoms with Gasteiger partial charge >= 0.3 is 0 Å². The Labute approximate surface area is 207 Å². The Morgan fingerprint density at radius 2 is 1.79 bits per heavy atom. The number of amides is 1. The summed E-state index contributed by atoms with van der Waals surface area (Å²) >= 11 is 9.58. The van der Waals surface area contributed by atoms with Crippen molar-refractivity contribution in [1.29, 1.82) is 0 Å². The zero-order valence-electron chi connectivity index (χ0n) is 18.3. The fourth-order valence-electron chi connectivity index (χ4n) is 3.93. The number of carbonyl (C=O) groups excluding carboxylic acids is 1. The summed E-state index contributed by atoms with van der Waals surface area (Å²) in [5, 5.41) is 24.3. The third kappa shape index (κ3) is 6.55. The maximum Gasteiger partial charge on any atom is 0.255 e. The second-order valence-electron chi connectivity index (χ2n) is 8.07. The van der Waals surface area contributed by atoms with Crippen molar-refractivity contribution in [3.8, 4) is 11.5 Å². The molecule has 3 aromatic rings. The molecular formula is C24H28ClN3O3S2. The minimum atomic E-state index is -0.305. The van der Waals surface area contributed by atoms with Crippen LogP contribution in [0.4, 0.5) is 0 Å². The molecule has 0 unspecified atom stereocenters. The molecule has 1 aliphatic rings. The highest BCUT2D eigenvalue weighted by Crippen LogP contribution is 2.30. The molecule has 3 N–H and O–H groups in total. The second kappa shape index (κ2) is 11.4. The van der Waals surface area contributed by atoms with Gasteiger partial charge in [0.05, 0.1) is 9.90 Å². The van der Waals surface area contributed by atoms with Crippen LogP contribution in [0.3, 0.4) is 0 Å². The molecule has 0 atom stereocenters. The topological polar surface area (TPSA) is 76.0 Å². The summed E-state index contributed by atoms with van der Waals surface area (Å²) in [6.45, 7) is 6.44. The molecule has 1 aromatic heterocycles. The van der Waals surface area contributed by atoms with E-state index in [1.165, 1.54) is 10.9 Å². The van der Waals surface area contributed by atoms with Gasteiger partial charge in [0.15, 0.2) is 0 Å². The molecule has 9 heteroatoms. The predicted octanol–water partition coefficient (Wildman–Crippen LogP) is 4.25. The van der Waals surface area contributed by atoms with Crippen LogP contribution in [0, 0.1) is 0 Å². The van der Waals surface area contributed by atoms with Crippen molar-refractivity contribution in [2.24, 2.45) is 0 Å². The normalized spacial score (nSPS) is 15.2. The lowest BCUT2D eigenvalue weighted by atomic mass is 10.0. The molecule has 0 radical (unpaired) electrons. The quantitative estimate of drug-likeness (QED) is 0.377. The van der Waals surface area contributed by atoms with Crippen molar-refractivity contribution in [3.05, 3.63) is 57.2 Å². The zero-order valence-corrected chi connectivity index (χ0v) is 20.7. The lowest BCUT2D eigenvalue weighted by Crippen LogP contribution is -2.48. The van der Waals surface area contributed by atoms with Crippen molar-refractivity contribution in [2.45, 2.75) is 5.75 Å². The standard InChI is InChI=1S/C24H28ClN3O3S2/c25-23-5-4-18(33-23)16-32-13-12-28-10-8-27(9-11-28)7-6-26-24(31)20-14-17-2-1-3-21(29)19(17)15-22(20)30/h1-5,14-15,29-30H,6-13,16H2,(H,26,31). The Bertz CT molecular complexity index is 1100. The SMILES string of the molecule is O=C(NCCN1CCN(CCSCc2ccc(Cl)s2)CC1)c1cc2cccc(O)c2cc1O. The monoisotopic (exact) mass is 505 g/mol. The third-order valence-electron chi connectivity index (χ3n) is 5.82. The predicted molar refractivity (Wildman–Crippen MR) is 138 cm³/mol. The highest BCUT2D eigenvalue weighted by atomic mass is 35.5. The molecule has 33 heavy (non-hydrogen) atoms.